The van der Waals surface area contributed by atoms with Crippen molar-refractivity contribution in [2.75, 3.05) is 26.2 Å². The molecule has 2 N–H and O–H groups in total. The van der Waals surface area contributed by atoms with E-state index in [1.54, 1.807) is 21.7 Å². The van der Waals surface area contributed by atoms with E-state index in [9.17, 15) is 14.4 Å². The van der Waals surface area contributed by atoms with E-state index in [-0.39, 0.29) is 29.0 Å². The van der Waals surface area contributed by atoms with Crippen molar-refractivity contribution < 1.29 is 4.79 Å². The summed E-state index contributed by atoms with van der Waals surface area (Å²) in [5.41, 5.74) is 1.80. The average Bonchev–Trinajstić information content (AvgIpc) is 2.74. The van der Waals surface area contributed by atoms with Gasteiger partial charge in [-0.2, -0.15) is 0 Å². The molecule has 7 nitrogen and oxygen atoms in total. The van der Waals surface area contributed by atoms with E-state index in [1.165, 1.54) is 0 Å². The highest BCUT2D eigenvalue weighted by molar-refractivity contribution is 5.95. The summed E-state index contributed by atoms with van der Waals surface area (Å²) in [5.74, 6) is 0.102. The summed E-state index contributed by atoms with van der Waals surface area (Å²) in [6.07, 6.45) is 6.90. The normalized spacial score (nSPS) is 18.7. The van der Waals surface area contributed by atoms with Crippen LogP contribution in [0.15, 0.2) is 40.2 Å². The van der Waals surface area contributed by atoms with Crippen molar-refractivity contribution in [2.24, 2.45) is 0 Å². The summed E-state index contributed by atoms with van der Waals surface area (Å²) in [5, 5.41) is 3.31. The van der Waals surface area contributed by atoms with Crippen LogP contribution in [0.25, 0.3) is 0 Å². The van der Waals surface area contributed by atoms with Gasteiger partial charge in [0.15, 0.2) is 0 Å². The van der Waals surface area contributed by atoms with Crippen molar-refractivity contribution in [3.05, 3.63) is 68.0 Å². The Balaban J connectivity index is 1.51. The number of carbonyl (C=O) groups excluding carboxylic acids is 1. The van der Waals surface area contributed by atoms with Crippen LogP contribution in [0.5, 0.6) is 0 Å². The van der Waals surface area contributed by atoms with Crippen molar-refractivity contribution in [3.63, 3.8) is 0 Å². The lowest BCUT2D eigenvalue weighted by Gasteiger charge is -2.32. The molecule has 0 atom stereocenters. The van der Waals surface area contributed by atoms with E-state index in [2.05, 4.69) is 10.3 Å². The highest BCUT2D eigenvalue weighted by Crippen LogP contribution is 2.28. The number of H-pyrrole nitrogens is 1. The molecule has 0 aromatic carbocycles. The SMILES string of the molecule is Cc1ccn(C2CCNCC2)c(=O)c1C(=O)N1CCC(c2cc[nH]c(=O)c2)CC1. The highest BCUT2D eigenvalue weighted by Gasteiger charge is 2.28. The number of hydrogen-bond donors (Lipinski definition) is 2. The average molecular weight is 396 g/mol. The molecule has 0 saturated carbocycles. The van der Waals surface area contributed by atoms with Gasteiger partial charge in [-0.05, 0) is 74.9 Å². The van der Waals surface area contributed by atoms with Crippen LogP contribution < -0.4 is 16.4 Å². The number of pyridine rings is 2. The Morgan fingerprint density at radius 3 is 2.48 bits per heavy atom. The minimum absolute atomic E-state index is 0.0978. The molecule has 0 radical (unpaired) electrons. The summed E-state index contributed by atoms with van der Waals surface area (Å²) in [4.78, 5) is 42.4. The number of aromatic nitrogens is 2. The summed E-state index contributed by atoms with van der Waals surface area (Å²) < 4.78 is 1.75. The molecular weight excluding hydrogens is 368 g/mol. The van der Waals surface area contributed by atoms with Crippen molar-refractivity contribution in [3.8, 4) is 0 Å². The Morgan fingerprint density at radius 1 is 1.07 bits per heavy atom. The number of amides is 1. The van der Waals surface area contributed by atoms with Gasteiger partial charge in [-0.25, -0.2) is 0 Å². The predicted octanol–water partition coefficient (Wildman–Crippen LogP) is 1.79. The molecule has 0 aliphatic carbocycles. The summed E-state index contributed by atoms with van der Waals surface area (Å²) in [6, 6.07) is 5.61. The molecule has 4 rings (SSSR count). The maximum atomic E-state index is 13.2. The fraction of sp³-hybridized carbons (Fsp3) is 0.500. The van der Waals surface area contributed by atoms with E-state index in [4.69, 9.17) is 0 Å². The van der Waals surface area contributed by atoms with Crippen LogP contribution in [0.1, 0.15) is 59.1 Å². The first-order valence-electron chi connectivity index (χ1n) is 10.4. The van der Waals surface area contributed by atoms with E-state index in [1.807, 2.05) is 25.3 Å². The van der Waals surface area contributed by atoms with Gasteiger partial charge in [-0.3, -0.25) is 14.4 Å². The zero-order valence-corrected chi connectivity index (χ0v) is 16.8. The highest BCUT2D eigenvalue weighted by atomic mass is 16.2. The van der Waals surface area contributed by atoms with Crippen LogP contribution in [0.3, 0.4) is 0 Å². The van der Waals surface area contributed by atoms with Crippen molar-refractivity contribution >= 4 is 5.91 Å². The third kappa shape index (κ3) is 4.05. The number of aryl methyl sites for hydroxylation is 1. The van der Waals surface area contributed by atoms with Crippen LogP contribution in [0.4, 0.5) is 0 Å². The van der Waals surface area contributed by atoms with Crippen LogP contribution >= 0.6 is 0 Å². The smallest absolute Gasteiger partial charge is 0.263 e. The lowest BCUT2D eigenvalue weighted by Crippen LogP contribution is -2.43. The largest absolute Gasteiger partial charge is 0.338 e. The van der Waals surface area contributed by atoms with Crippen LogP contribution in [-0.4, -0.2) is 46.5 Å². The maximum absolute atomic E-state index is 13.2. The zero-order chi connectivity index (χ0) is 20.4. The first-order valence-corrected chi connectivity index (χ1v) is 10.4. The van der Waals surface area contributed by atoms with Crippen molar-refractivity contribution in [2.45, 2.75) is 44.6 Å². The van der Waals surface area contributed by atoms with Crippen LogP contribution in [0, 0.1) is 6.92 Å². The first kappa shape index (κ1) is 19.6. The summed E-state index contributed by atoms with van der Waals surface area (Å²) in [6.45, 7) is 4.81. The fourth-order valence-corrected chi connectivity index (χ4v) is 4.56. The molecular formula is C22H28N4O3. The Morgan fingerprint density at radius 2 is 1.79 bits per heavy atom. The molecule has 1 amide bonds. The van der Waals surface area contributed by atoms with Gasteiger partial charge in [0, 0.05) is 37.6 Å². The minimum atomic E-state index is -0.168. The lowest BCUT2D eigenvalue weighted by molar-refractivity contribution is 0.0709. The second-order valence-electron chi connectivity index (χ2n) is 8.12. The maximum Gasteiger partial charge on any atom is 0.263 e. The molecule has 7 heteroatoms. The third-order valence-electron chi connectivity index (χ3n) is 6.30. The number of nitrogens with one attached hydrogen (secondary N) is 2. The Kier molecular flexibility index (Phi) is 5.67. The van der Waals surface area contributed by atoms with Gasteiger partial charge in [0.05, 0.1) is 0 Å². The van der Waals surface area contributed by atoms with Crippen molar-refractivity contribution in [1.29, 1.82) is 0 Å². The van der Waals surface area contributed by atoms with E-state index in [0.29, 0.717) is 18.7 Å². The van der Waals surface area contributed by atoms with E-state index in [0.717, 1.165) is 49.9 Å². The van der Waals surface area contributed by atoms with Gasteiger partial charge < -0.3 is 19.8 Å². The lowest BCUT2D eigenvalue weighted by atomic mass is 9.90. The standard InChI is InChI=1S/C22H28N4O3/c1-15-5-13-26(18-3-8-23-9-4-18)22(29)20(15)21(28)25-11-6-16(7-12-25)17-2-10-24-19(27)14-17/h2,5,10,13-14,16,18,23H,3-4,6-9,11-12H2,1H3,(H,24,27). The molecule has 4 heterocycles. The first-order chi connectivity index (χ1) is 14.0. The van der Waals surface area contributed by atoms with E-state index >= 15 is 0 Å². The predicted molar refractivity (Wildman–Crippen MR) is 112 cm³/mol. The molecule has 2 aromatic rings. The molecule has 0 unspecified atom stereocenters. The number of aromatic amines is 1. The second kappa shape index (κ2) is 8.37. The Labute approximate surface area is 169 Å². The minimum Gasteiger partial charge on any atom is -0.338 e. The number of carbonyl (C=O) groups is 1. The number of hydrogen-bond acceptors (Lipinski definition) is 4. The fourth-order valence-electron chi connectivity index (χ4n) is 4.56. The summed E-state index contributed by atoms with van der Waals surface area (Å²) >= 11 is 0. The van der Waals surface area contributed by atoms with Crippen LogP contribution in [0.2, 0.25) is 0 Å². The van der Waals surface area contributed by atoms with Crippen LogP contribution in [-0.2, 0) is 0 Å². The molecule has 0 spiro atoms. The number of nitrogens with zero attached hydrogens (tertiary/aromatic N) is 2. The van der Waals surface area contributed by atoms with Gasteiger partial charge in [-0.15, -0.1) is 0 Å². The van der Waals surface area contributed by atoms with Gasteiger partial charge in [0.1, 0.15) is 5.56 Å². The molecule has 29 heavy (non-hydrogen) atoms. The van der Waals surface area contributed by atoms with Gasteiger partial charge in [-0.1, -0.05) is 0 Å². The Hall–Kier alpha value is -2.67. The molecule has 2 aliphatic heterocycles. The topological polar surface area (TPSA) is 87.2 Å². The van der Waals surface area contributed by atoms with Crippen molar-refractivity contribution in [1.82, 2.24) is 19.8 Å². The van der Waals surface area contributed by atoms with Gasteiger partial charge in [0.2, 0.25) is 5.56 Å². The quantitative estimate of drug-likeness (QED) is 0.828. The zero-order valence-electron chi connectivity index (χ0n) is 16.8. The molecule has 2 saturated heterocycles. The van der Waals surface area contributed by atoms with Gasteiger partial charge >= 0.3 is 0 Å². The van der Waals surface area contributed by atoms with Gasteiger partial charge in [0.25, 0.3) is 11.5 Å². The molecule has 2 fully saturated rings. The second-order valence-corrected chi connectivity index (χ2v) is 8.12. The number of likely N-dealkylation sites (tertiary alicyclic amines) is 1. The molecule has 154 valence electrons. The third-order valence-corrected chi connectivity index (χ3v) is 6.30. The number of piperidine rings is 2. The molecule has 2 aliphatic rings. The monoisotopic (exact) mass is 396 g/mol. The molecule has 2 aromatic heterocycles. The number of rotatable bonds is 3. The molecule has 0 bridgehead atoms. The Bertz CT molecular complexity index is 996. The van der Waals surface area contributed by atoms with E-state index < -0.39 is 0 Å². The summed E-state index contributed by atoms with van der Waals surface area (Å²) in [7, 11) is 0.